The van der Waals surface area contributed by atoms with E-state index in [-0.39, 0.29) is 21.7 Å². The monoisotopic (exact) mass is 367 g/mol. The Kier molecular flexibility index (Phi) is 6.33. The van der Waals surface area contributed by atoms with E-state index in [1.807, 2.05) is 0 Å². The van der Waals surface area contributed by atoms with Crippen LogP contribution < -0.4 is 0 Å². The van der Waals surface area contributed by atoms with E-state index in [2.05, 4.69) is 0 Å². The first-order valence-electron chi connectivity index (χ1n) is 7.68. The average Bonchev–Trinajstić information content (AvgIpc) is 2.82. The number of allylic oxidation sites excluding steroid dienone is 1. The minimum Gasteiger partial charge on any atom is -0.465 e. The van der Waals surface area contributed by atoms with Gasteiger partial charge in [0.05, 0.1) is 23.3 Å². The lowest BCUT2D eigenvalue weighted by Gasteiger charge is -2.17. The second kappa shape index (κ2) is 8.27. The number of carbonyl (C=O) groups is 2. The maximum atomic E-state index is 14.1. The molecule has 0 atom stereocenters. The van der Waals surface area contributed by atoms with Crippen LogP contribution in [0.4, 0.5) is 4.39 Å². The van der Waals surface area contributed by atoms with Gasteiger partial charge >= 0.3 is 5.97 Å². The zero-order chi connectivity index (χ0) is 18.6. The van der Waals surface area contributed by atoms with Crippen molar-refractivity contribution in [3.05, 3.63) is 51.4 Å². The van der Waals surface area contributed by atoms with Crippen molar-refractivity contribution in [2.24, 2.45) is 0 Å². The number of halogens is 2. The number of esters is 1. The second-order valence-corrected chi connectivity index (χ2v) is 5.86. The largest absolute Gasteiger partial charge is 0.465 e. The minimum absolute atomic E-state index is 0.0560. The van der Waals surface area contributed by atoms with Crippen molar-refractivity contribution in [3.8, 4) is 0 Å². The van der Waals surface area contributed by atoms with Crippen molar-refractivity contribution in [1.29, 1.82) is 0 Å². The third-order valence-corrected chi connectivity index (χ3v) is 4.25. The highest BCUT2D eigenvalue weighted by Crippen LogP contribution is 2.33. The molecule has 0 saturated heterocycles. The van der Waals surface area contributed by atoms with E-state index in [0.717, 1.165) is 0 Å². The molecule has 1 aliphatic heterocycles. The van der Waals surface area contributed by atoms with Gasteiger partial charge in [0.1, 0.15) is 5.82 Å². The quantitative estimate of drug-likeness (QED) is 0.440. The van der Waals surface area contributed by atoms with E-state index in [4.69, 9.17) is 21.1 Å². The fourth-order valence-corrected chi connectivity index (χ4v) is 2.87. The molecule has 7 heteroatoms. The van der Waals surface area contributed by atoms with Crippen LogP contribution >= 0.6 is 11.6 Å². The molecule has 1 aromatic rings. The molecule has 0 bridgehead atoms. The van der Waals surface area contributed by atoms with Crippen LogP contribution in [-0.4, -0.2) is 44.1 Å². The molecule has 2 rings (SSSR count). The second-order valence-electron chi connectivity index (χ2n) is 5.45. The summed E-state index contributed by atoms with van der Waals surface area (Å²) in [6.07, 6.45) is 1.90. The van der Waals surface area contributed by atoms with E-state index < -0.39 is 17.7 Å². The summed E-state index contributed by atoms with van der Waals surface area (Å²) in [5.74, 6) is -1.63. The molecule has 0 saturated carbocycles. The zero-order valence-corrected chi connectivity index (χ0v) is 15.0. The molecule has 0 fully saturated rings. The van der Waals surface area contributed by atoms with Gasteiger partial charge in [-0.05, 0) is 31.6 Å². The molecule has 25 heavy (non-hydrogen) atoms. The Morgan fingerprint density at radius 3 is 2.68 bits per heavy atom. The fourth-order valence-electron chi connectivity index (χ4n) is 2.66. The van der Waals surface area contributed by atoms with Crippen LogP contribution in [0.1, 0.15) is 18.9 Å². The van der Waals surface area contributed by atoms with E-state index in [9.17, 15) is 14.0 Å². The molecule has 0 N–H and O–H groups in total. The summed E-state index contributed by atoms with van der Waals surface area (Å²) in [6.45, 7) is 2.50. The Morgan fingerprint density at radius 2 is 2.08 bits per heavy atom. The summed E-state index contributed by atoms with van der Waals surface area (Å²) in [5.41, 5.74) is 0.699. The molecule has 1 aromatic carbocycles. The van der Waals surface area contributed by atoms with Gasteiger partial charge in [0.15, 0.2) is 0 Å². The highest BCUT2D eigenvalue weighted by Gasteiger charge is 2.36. The molecular formula is C18H19ClFNO4. The van der Waals surface area contributed by atoms with Gasteiger partial charge in [-0.15, -0.1) is 0 Å². The van der Waals surface area contributed by atoms with E-state index in [1.54, 1.807) is 14.0 Å². The first-order valence-corrected chi connectivity index (χ1v) is 8.06. The maximum Gasteiger partial charge on any atom is 0.340 e. The zero-order valence-electron chi connectivity index (χ0n) is 14.3. The predicted molar refractivity (Wildman–Crippen MR) is 92.3 cm³/mol. The Labute approximate surface area is 150 Å². The van der Waals surface area contributed by atoms with Crippen LogP contribution in [0, 0.1) is 5.82 Å². The van der Waals surface area contributed by atoms with Crippen molar-refractivity contribution in [1.82, 2.24) is 4.90 Å². The molecule has 5 nitrogen and oxygen atoms in total. The fraction of sp³-hybridized carbons (Fsp3) is 0.333. The molecule has 0 aromatic heterocycles. The molecule has 0 unspecified atom stereocenters. The van der Waals surface area contributed by atoms with E-state index in [0.29, 0.717) is 25.3 Å². The SMILES string of the molecule is COCCCN1C(=O)/C(=C/c2c(F)cccc2Cl)C(C(=O)OC)=C1C. The number of ether oxygens (including phenoxy) is 2. The summed E-state index contributed by atoms with van der Waals surface area (Å²) in [6, 6.07) is 4.22. The number of hydrogen-bond donors (Lipinski definition) is 0. The number of rotatable bonds is 6. The first kappa shape index (κ1) is 19.1. The van der Waals surface area contributed by atoms with Crippen LogP contribution in [0.25, 0.3) is 6.08 Å². The summed E-state index contributed by atoms with van der Waals surface area (Å²) >= 11 is 6.03. The van der Waals surface area contributed by atoms with Crippen molar-refractivity contribution < 1.29 is 23.5 Å². The van der Waals surface area contributed by atoms with Crippen LogP contribution in [0.2, 0.25) is 5.02 Å². The Bertz CT molecular complexity index is 737. The van der Waals surface area contributed by atoms with Gasteiger partial charge in [-0.1, -0.05) is 17.7 Å². The number of hydrogen-bond acceptors (Lipinski definition) is 4. The van der Waals surface area contributed by atoms with Crippen molar-refractivity contribution in [2.75, 3.05) is 27.4 Å². The number of amides is 1. The maximum absolute atomic E-state index is 14.1. The van der Waals surface area contributed by atoms with Gasteiger partial charge < -0.3 is 14.4 Å². The number of nitrogens with zero attached hydrogens (tertiary/aromatic N) is 1. The number of methoxy groups -OCH3 is 2. The summed E-state index contributed by atoms with van der Waals surface area (Å²) in [4.78, 5) is 26.4. The molecule has 1 heterocycles. The smallest absolute Gasteiger partial charge is 0.340 e. The summed E-state index contributed by atoms with van der Waals surface area (Å²) in [7, 11) is 2.80. The molecule has 134 valence electrons. The standard InChI is InChI=1S/C18H19ClFNO4/c1-11-16(18(23)25-3)13(17(22)21(11)8-5-9-24-2)10-12-14(19)6-4-7-15(12)20/h4,6-7,10H,5,8-9H2,1-3H3/b13-10+. The van der Waals surface area contributed by atoms with Gasteiger partial charge in [-0.25, -0.2) is 9.18 Å². The van der Waals surface area contributed by atoms with E-state index in [1.165, 1.54) is 36.3 Å². The molecular weight excluding hydrogens is 349 g/mol. The van der Waals surface area contributed by atoms with Crippen LogP contribution in [-0.2, 0) is 19.1 Å². The van der Waals surface area contributed by atoms with Crippen LogP contribution in [0.15, 0.2) is 35.0 Å². The van der Waals surface area contributed by atoms with Crippen molar-refractivity contribution in [2.45, 2.75) is 13.3 Å². The topological polar surface area (TPSA) is 55.8 Å². The Morgan fingerprint density at radius 1 is 1.36 bits per heavy atom. The van der Waals surface area contributed by atoms with Gasteiger partial charge in [0, 0.05) is 31.5 Å². The summed E-state index contributed by atoms with van der Waals surface area (Å²) in [5, 5.41) is 0.153. The molecule has 0 aliphatic carbocycles. The molecule has 0 radical (unpaired) electrons. The normalized spacial score (nSPS) is 16.1. The third-order valence-electron chi connectivity index (χ3n) is 3.92. The van der Waals surface area contributed by atoms with Crippen molar-refractivity contribution in [3.63, 3.8) is 0 Å². The Hall–Kier alpha value is -2.18. The highest BCUT2D eigenvalue weighted by molar-refractivity contribution is 6.32. The minimum atomic E-state index is -0.654. The number of carbonyl (C=O) groups excluding carboxylic acids is 2. The van der Waals surface area contributed by atoms with Gasteiger partial charge in [-0.3, -0.25) is 4.79 Å². The predicted octanol–water partition coefficient (Wildman–Crippen LogP) is 3.19. The van der Waals surface area contributed by atoms with Gasteiger partial charge in [0.25, 0.3) is 5.91 Å². The van der Waals surface area contributed by atoms with Gasteiger partial charge in [-0.2, -0.15) is 0 Å². The highest BCUT2D eigenvalue weighted by atomic mass is 35.5. The third kappa shape index (κ3) is 3.91. The lowest BCUT2D eigenvalue weighted by Crippen LogP contribution is -2.27. The lowest BCUT2D eigenvalue weighted by molar-refractivity contribution is -0.136. The van der Waals surface area contributed by atoms with Crippen LogP contribution in [0.5, 0.6) is 0 Å². The molecule has 1 amide bonds. The first-order chi connectivity index (χ1) is 11.9. The van der Waals surface area contributed by atoms with Gasteiger partial charge in [0.2, 0.25) is 0 Å². The summed E-state index contributed by atoms with van der Waals surface area (Å²) < 4.78 is 23.9. The van der Waals surface area contributed by atoms with Crippen molar-refractivity contribution >= 4 is 29.6 Å². The lowest BCUT2D eigenvalue weighted by atomic mass is 10.0. The Balaban J connectivity index is 2.50. The molecule has 0 spiro atoms. The van der Waals surface area contributed by atoms with Crippen LogP contribution in [0.3, 0.4) is 0 Å². The average molecular weight is 368 g/mol. The number of benzene rings is 1. The molecule has 1 aliphatic rings. The van der Waals surface area contributed by atoms with E-state index >= 15 is 0 Å².